The number of aromatic nitrogens is 2. The average molecular weight is 296 g/mol. The van der Waals surface area contributed by atoms with Gasteiger partial charge in [0.05, 0.1) is 10.7 Å². The van der Waals surface area contributed by atoms with E-state index in [0.29, 0.717) is 10.0 Å². The Hall–Kier alpha value is -1.32. The highest BCUT2D eigenvalue weighted by atomic mass is 35.5. The van der Waals surface area contributed by atoms with Crippen molar-refractivity contribution in [2.45, 2.75) is 20.3 Å². The molecule has 0 aliphatic carbocycles. The summed E-state index contributed by atoms with van der Waals surface area (Å²) in [5.41, 5.74) is 1.67. The smallest absolute Gasteiger partial charge is 0.131 e. The highest BCUT2D eigenvalue weighted by molar-refractivity contribution is 6.36. The molecule has 0 fully saturated rings. The van der Waals surface area contributed by atoms with Gasteiger partial charge in [0, 0.05) is 29.6 Å². The van der Waals surface area contributed by atoms with Crippen molar-refractivity contribution in [3.63, 3.8) is 0 Å². The Kier molecular flexibility index (Phi) is 4.61. The van der Waals surface area contributed by atoms with Crippen molar-refractivity contribution < 1.29 is 0 Å². The van der Waals surface area contributed by atoms with E-state index in [1.807, 2.05) is 32.0 Å². The van der Waals surface area contributed by atoms with Crippen LogP contribution >= 0.6 is 23.2 Å². The zero-order chi connectivity index (χ0) is 13.8. The van der Waals surface area contributed by atoms with Crippen molar-refractivity contribution in [1.82, 2.24) is 9.97 Å². The van der Waals surface area contributed by atoms with Crippen LogP contribution in [0.5, 0.6) is 0 Å². The highest BCUT2D eigenvalue weighted by Crippen LogP contribution is 2.30. The number of hydrogen-bond acceptors (Lipinski definition) is 3. The van der Waals surface area contributed by atoms with E-state index in [-0.39, 0.29) is 0 Å². The predicted octanol–water partition coefficient (Wildman–Crippen LogP) is 4.44. The minimum atomic E-state index is 0.593. The molecule has 5 heteroatoms. The lowest BCUT2D eigenvalue weighted by Gasteiger charge is -2.09. The second-order valence-electron chi connectivity index (χ2n) is 4.06. The molecule has 0 aliphatic rings. The van der Waals surface area contributed by atoms with Crippen LogP contribution in [-0.2, 0) is 6.42 Å². The fraction of sp³-hybridized carbons (Fsp3) is 0.286. The molecule has 3 nitrogen and oxygen atoms in total. The maximum absolute atomic E-state index is 6.22. The molecule has 0 atom stereocenters. The molecular weight excluding hydrogens is 281 g/mol. The quantitative estimate of drug-likeness (QED) is 0.906. The third-order valence-corrected chi connectivity index (χ3v) is 3.20. The first kappa shape index (κ1) is 14.1. The molecule has 0 saturated heterocycles. The maximum atomic E-state index is 6.22. The Bertz CT molecular complexity index is 585. The van der Waals surface area contributed by atoms with Gasteiger partial charge in [-0.05, 0) is 25.1 Å². The zero-order valence-electron chi connectivity index (χ0n) is 10.9. The largest absolute Gasteiger partial charge is 0.370 e. The van der Waals surface area contributed by atoms with Gasteiger partial charge in [-0.2, -0.15) is 0 Å². The van der Waals surface area contributed by atoms with Crippen molar-refractivity contribution in [3.05, 3.63) is 40.1 Å². The maximum Gasteiger partial charge on any atom is 0.131 e. The van der Waals surface area contributed by atoms with E-state index >= 15 is 0 Å². The Balaban J connectivity index is 2.51. The number of nitrogens with one attached hydrogen (secondary N) is 1. The van der Waals surface area contributed by atoms with Crippen LogP contribution in [0.1, 0.15) is 19.7 Å². The van der Waals surface area contributed by atoms with E-state index in [0.717, 1.165) is 35.9 Å². The molecule has 19 heavy (non-hydrogen) atoms. The monoisotopic (exact) mass is 295 g/mol. The molecule has 1 heterocycles. The molecular formula is C14H15Cl2N3. The molecule has 0 bridgehead atoms. The number of nitrogens with zero attached hydrogens (tertiary/aromatic N) is 2. The summed E-state index contributed by atoms with van der Waals surface area (Å²) in [5.74, 6) is 1.61. The predicted molar refractivity (Wildman–Crippen MR) is 81.0 cm³/mol. The topological polar surface area (TPSA) is 37.8 Å². The molecule has 0 spiro atoms. The van der Waals surface area contributed by atoms with Crippen LogP contribution in [0.25, 0.3) is 11.3 Å². The van der Waals surface area contributed by atoms with Crippen molar-refractivity contribution in [2.24, 2.45) is 0 Å². The van der Waals surface area contributed by atoms with Crippen LogP contribution in [0.4, 0.5) is 5.82 Å². The van der Waals surface area contributed by atoms with Gasteiger partial charge in [-0.15, -0.1) is 0 Å². The van der Waals surface area contributed by atoms with Crippen LogP contribution in [0, 0.1) is 0 Å². The number of rotatable bonds is 4. The van der Waals surface area contributed by atoms with Gasteiger partial charge in [-0.25, -0.2) is 9.97 Å². The summed E-state index contributed by atoms with van der Waals surface area (Å²) in [6.45, 7) is 4.87. The molecule has 1 aromatic carbocycles. The van der Waals surface area contributed by atoms with E-state index in [1.165, 1.54) is 0 Å². The van der Waals surface area contributed by atoms with Crippen molar-refractivity contribution >= 4 is 29.0 Å². The molecule has 1 aromatic heterocycles. The normalized spacial score (nSPS) is 10.5. The first-order chi connectivity index (χ1) is 9.13. The molecule has 1 N–H and O–H groups in total. The molecule has 0 saturated carbocycles. The number of aryl methyl sites for hydroxylation is 1. The molecule has 0 aliphatic heterocycles. The van der Waals surface area contributed by atoms with Gasteiger partial charge in [0.25, 0.3) is 0 Å². The van der Waals surface area contributed by atoms with Crippen LogP contribution in [0.2, 0.25) is 10.0 Å². The summed E-state index contributed by atoms with van der Waals surface area (Å²) in [6, 6.07) is 7.31. The standard InChI is InChI=1S/C14H15Cl2N3/c1-3-13-18-12(8-14(19-13)17-4-2)10-6-5-9(15)7-11(10)16/h5-8H,3-4H2,1-2H3,(H,17,18,19). The third-order valence-electron chi connectivity index (χ3n) is 2.65. The van der Waals surface area contributed by atoms with Gasteiger partial charge in [0.2, 0.25) is 0 Å². The van der Waals surface area contributed by atoms with Gasteiger partial charge in [0.15, 0.2) is 0 Å². The minimum Gasteiger partial charge on any atom is -0.370 e. The van der Waals surface area contributed by atoms with Gasteiger partial charge >= 0.3 is 0 Å². The second kappa shape index (κ2) is 6.22. The third kappa shape index (κ3) is 3.37. The summed E-state index contributed by atoms with van der Waals surface area (Å²) in [6.07, 6.45) is 0.775. The van der Waals surface area contributed by atoms with Crippen LogP contribution < -0.4 is 5.32 Å². The lowest BCUT2D eigenvalue weighted by Crippen LogP contribution is -2.04. The summed E-state index contributed by atoms with van der Waals surface area (Å²) in [5, 5.41) is 4.41. The summed E-state index contributed by atoms with van der Waals surface area (Å²) in [4.78, 5) is 8.94. The molecule has 2 aromatic rings. The molecule has 0 amide bonds. The van der Waals surface area contributed by atoms with Crippen molar-refractivity contribution in [1.29, 1.82) is 0 Å². The van der Waals surface area contributed by atoms with E-state index in [2.05, 4.69) is 15.3 Å². The molecule has 0 unspecified atom stereocenters. The van der Waals surface area contributed by atoms with E-state index < -0.39 is 0 Å². The first-order valence-corrected chi connectivity index (χ1v) is 6.97. The van der Waals surface area contributed by atoms with Gasteiger partial charge in [-0.1, -0.05) is 30.1 Å². The van der Waals surface area contributed by atoms with Gasteiger partial charge in [0.1, 0.15) is 11.6 Å². The second-order valence-corrected chi connectivity index (χ2v) is 4.91. The Morgan fingerprint density at radius 1 is 1.11 bits per heavy atom. The molecule has 0 radical (unpaired) electrons. The summed E-state index contributed by atoms with van der Waals surface area (Å²) < 4.78 is 0. The Labute approximate surface area is 123 Å². The van der Waals surface area contributed by atoms with E-state index in [1.54, 1.807) is 6.07 Å². The molecule has 100 valence electrons. The summed E-state index contributed by atoms with van der Waals surface area (Å²) in [7, 11) is 0. The number of anilines is 1. The Morgan fingerprint density at radius 3 is 2.53 bits per heavy atom. The van der Waals surface area contributed by atoms with Crippen LogP contribution in [-0.4, -0.2) is 16.5 Å². The number of halogens is 2. The number of benzene rings is 1. The lowest BCUT2D eigenvalue weighted by atomic mass is 10.1. The zero-order valence-corrected chi connectivity index (χ0v) is 12.4. The minimum absolute atomic E-state index is 0.593. The highest BCUT2D eigenvalue weighted by Gasteiger charge is 2.09. The van der Waals surface area contributed by atoms with Crippen LogP contribution in [0.3, 0.4) is 0 Å². The fourth-order valence-corrected chi connectivity index (χ4v) is 2.27. The number of hydrogen-bond donors (Lipinski definition) is 1. The van der Waals surface area contributed by atoms with Crippen molar-refractivity contribution in [2.75, 3.05) is 11.9 Å². The van der Waals surface area contributed by atoms with Crippen LogP contribution in [0.15, 0.2) is 24.3 Å². The summed E-state index contributed by atoms with van der Waals surface area (Å²) >= 11 is 12.1. The van der Waals surface area contributed by atoms with E-state index in [9.17, 15) is 0 Å². The SMILES string of the molecule is CCNc1cc(-c2ccc(Cl)cc2Cl)nc(CC)n1. The average Bonchev–Trinajstić information content (AvgIpc) is 2.38. The first-order valence-electron chi connectivity index (χ1n) is 6.21. The Morgan fingerprint density at radius 2 is 1.89 bits per heavy atom. The van der Waals surface area contributed by atoms with Gasteiger partial charge in [-0.3, -0.25) is 0 Å². The lowest BCUT2D eigenvalue weighted by molar-refractivity contribution is 0.939. The van der Waals surface area contributed by atoms with E-state index in [4.69, 9.17) is 23.2 Å². The molecule has 2 rings (SSSR count). The van der Waals surface area contributed by atoms with Crippen molar-refractivity contribution in [3.8, 4) is 11.3 Å². The fourth-order valence-electron chi connectivity index (χ4n) is 1.76. The van der Waals surface area contributed by atoms with Gasteiger partial charge < -0.3 is 5.32 Å².